The summed E-state index contributed by atoms with van der Waals surface area (Å²) in [5, 5.41) is 7.73. The normalized spacial score (nSPS) is 7.27. The van der Waals surface area contributed by atoms with Crippen molar-refractivity contribution in [3.8, 4) is 6.07 Å². The standard InChI is InChI=1S/C5H6O.C4H5N/c1-3-5(6)4-2;1-2-3-4-5/h3-4H,1-2H2;2-3H,1H3. The van der Waals surface area contributed by atoms with Crippen molar-refractivity contribution in [2.45, 2.75) is 6.92 Å². The van der Waals surface area contributed by atoms with Crippen LogP contribution in [0.3, 0.4) is 0 Å². The molecule has 0 saturated heterocycles. The number of allylic oxidation sites excluding steroid dienone is 4. The van der Waals surface area contributed by atoms with Gasteiger partial charge in [-0.25, -0.2) is 0 Å². The van der Waals surface area contributed by atoms with E-state index in [2.05, 4.69) is 13.2 Å². The van der Waals surface area contributed by atoms with Gasteiger partial charge in [0, 0.05) is 6.08 Å². The molecule has 2 nitrogen and oxygen atoms in total. The predicted octanol–water partition coefficient (Wildman–Crippen LogP) is 2.01. The summed E-state index contributed by atoms with van der Waals surface area (Å²) in [5.74, 6) is -0.130. The molecule has 0 aliphatic rings. The third-order valence-electron chi connectivity index (χ3n) is 0.644. The highest BCUT2D eigenvalue weighted by molar-refractivity contribution is 5.98. The van der Waals surface area contributed by atoms with Gasteiger partial charge in [-0.3, -0.25) is 4.79 Å². The van der Waals surface area contributed by atoms with Crippen LogP contribution in [0.2, 0.25) is 0 Å². The Morgan fingerprint density at radius 1 is 1.45 bits per heavy atom. The smallest absolute Gasteiger partial charge is 0.177 e. The maximum absolute atomic E-state index is 9.94. The van der Waals surface area contributed by atoms with Gasteiger partial charge in [-0.15, -0.1) is 0 Å². The number of nitriles is 1. The molecule has 0 atom stereocenters. The lowest BCUT2D eigenvalue weighted by Gasteiger charge is -1.68. The number of ketones is 1. The van der Waals surface area contributed by atoms with Crippen molar-refractivity contribution in [3.63, 3.8) is 0 Å². The van der Waals surface area contributed by atoms with Crippen LogP contribution in [-0.4, -0.2) is 5.78 Å². The zero-order chi connectivity index (χ0) is 9.11. The van der Waals surface area contributed by atoms with Gasteiger partial charge in [0.05, 0.1) is 6.07 Å². The molecule has 0 aromatic carbocycles. The molecule has 0 spiro atoms. The molecule has 0 aliphatic heterocycles. The van der Waals surface area contributed by atoms with Gasteiger partial charge in [0.25, 0.3) is 0 Å². The number of hydrogen-bond acceptors (Lipinski definition) is 2. The molecule has 0 aromatic rings. The highest BCUT2D eigenvalue weighted by Gasteiger charge is 1.75. The van der Waals surface area contributed by atoms with Gasteiger partial charge in [-0.05, 0) is 19.1 Å². The van der Waals surface area contributed by atoms with Crippen molar-refractivity contribution in [1.29, 1.82) is 5.26 Å². The second-order valence-corrected chi connectivity index (χ2v) is 1.44. The third-order valence-corrected chi connectivity index (χ3v) is 0.644. The van der Waals surface area contributed by atoms with E-state index in [1.54, 1.807) is 6.08 Å². The summed E-state index contributed by atoms with van der Waals surface area (Å²) in [6.45, 7) is 8.23. The monoisotopic (exact) mass is 149 g/mol. The fourth-order valence-electron chi connectivity index (χ4n) is 0.158. The average molecular weight is 149 g/mol. The van der Waals surface area contributed by atoms with Crippen molar-refractivity contribution < 1.29 is 4.79 Å². The summed E-state index contributed by atoms with van der Waals surface area (Å²) in [6.07, 6.45) is 5.56. The van der Waals surface area contributed by atoms with Crippen LogP contribution in [0.25, 0.3) is 0 Å². The first-order chi connectivity index (χ1) is 5.22. The summed E-state index contributed by atoms with van der Waals surface area (Å²) in [6, 6.07) is 1.84. The Labute approximate surface area is 67.1 Å². The number of nitrogens with zero attached hydrogens (tertiary/aromatic N) is 1. The van der Waals surface area contributed by atoms with Crippen molar-refractivity contribution in [3.05, 3.63) is 37.5 Å². The lowest BCUT2D eigenvalue weighted by Crippen LogP contribution is -1.78. The molecule has 0 radical (unpaired) electrons. The summed E-state index contributed by atoms with van der Waals surface area (Å²) in [5.41, 5.74) is 0. The molecule has 58 valence electrons. The molecule has 0 saturated carbocycles. The minimum absolute atomic E-state index is 0.130. The number of carbonyl (C=O) groups is 1. The van der Waals surface area contributed by atoms with Crippen molar-refractivity contribution in [1.82, 2.24) is 0 Å². The fourth-order valence-corrected chi connectivity index (χ4v) is 0.158. The third kappa shape index (κ3) is 17.8. The first kappa shape index (κ1) is 12.1. The van der Waals surface area contributed by atoms with E-state index in [-0.39, 0.29) is 5.78 Å². The highest BCUT2D eigenvalue weighted by Crippen LogP contribution is 1.68. The second kappa shape index (κ2) is 11.2. The molecule has 0 amide bonds. The van der Waals surface area contributed by atoms with Crippen LogP contribution in [0.15, 0.2) is 37.5 Å². The van der Waals surface area contributed by atoms with Crippen LogP contribution in [0.4, 0.5) is 0 Å². The molecule has 0 heterocycles. The zero-order valence-electron chi connectivity index (χ0n) is 6.58. The van der Waals surface area contributed by atoms with E-state index in [1.807, 2.05) is 13.0 Å². The highest BCUT2D eigenvalue weighted by atomic mass is 16.1. The topological polar surface area (TPSA) is 40.9 Å². The minimum Gasteiger partial charge on any atom is -0.290 e. The van der Waals surface area contributed by atoms with Crippen LogP contribution in [0.1, 0.15) is 6.92 Å². The summed E-state index contributed by atoms with van der Waals surface area (Å²) in [4.78, 5) is 9.94. The molecule has 0 aliphatic carbocycles. The number of rotatable bonds is 2. The van der Waals surface area contributed by atoms with E-state index in [9.17, 15) is 4.79 Å². The Morgan fingerprint density at radius 2 is 1.91 bits per heavy atom. The van der Waals surface area contributed by atoms with Crippen molar-refractivity contribution in [2.75, 3.05) is 0 Å². The van der Waals surface area contributed by atoms with Gasteiger partial charge in [0.15, 0.2) is 5.78 Å². The fraction of sp³-hybridized carbons (Fsp3) is 0.111. The molecule has 2 heteroatoms. The van der Waals surface area contributed by atoms with Crippen LogP contribution in [-0.2, 0) is 4.79 Å². The Balaban J connectivity index is 0. The average Bonchev–Trinajstić information content (AvgIpc) is 2.06. The first-order valence-corrected chi connectivity index (χ1v) is 3.02. The van der Waals surface area contributed by atoms with Crippen LogP contribution in [0, 0.1) is 11.3 Å². The van der Waals surface area contributed by atoms with E-state index in [4.69, 9.17) is 5.26 Å². The molecular formula is C9H11NO. The van der Waals surface area contributed by atoms with Crippen LogP contribution < -0.4 is 0 Å². The van der Waals surface area contributed by atoms with E-state index < -0.39 is 0 Å². The first-order valence-electron chi connectivity index (χ1n) is 3.02. The quantitative estimate of drug-likeness (QED) is 0.445. The summed E-state index contributed by atoms with van der Waals surface area (Å²) in [7, 11) is 0. The Bertz CT molecular complexity index is 186. The maximum Gasteiger partial charge on any atom is 0.177 e. The maximum atomic E-state index is 9.94. The van der Waals surface area contributed by atoms with Gasteiger partial charge in [0.1, 0.15) is 0 Å². The molecule has 0 N–H and O–H groups in total. The zero-order valence-corrected chi connectivity index (χ0v) is 6.58. The SMILES string of the molecule is C=CC(=O)C=C.CC=CC#N. The van der Waals surface area contributed by atoms with Crippen LogP contribution in [0.5, 0.6) is 0 Å². The lowest BCUT2D eigenvalue weighted by atomic mass is 10.4. The molecule has 0 aromatic heterocycles. The minimum atomic E-state index is -0.130. The summed E-state index contributed by atoms with van der Waals surface area (Å²) >= 11 is 0. The van der Waals surface area contributed by atoms with Crippen LogP contribution >= 0.6 is 0 Å². The molecule has 0 fully saturated rings. The molecule has 0 bridgehead atoms. The van der Waals surface area contributed by atoms with E-state index in [0.29, 0.717) is 0 Å². The molecule has 0 rings (SSSR count). The second-order valence-electron chi connectivity index (χ2n) is 1.44. The lowest BCUT2D eigenvalue weighted by molar-refractivity contribution is -0.110. The Hall–Kier alpha value is -1.62. The van der Waals surface area contributed by atoms with Gasteiger partial charge in [-0.1, -0.05) is 19.2 Å². The summed E-state index contributed by atoms with van der Waals surface area (Å²) < 4.78 is 0. The van der Waals surface area contributed by atoms with Crippen molar-refractivity contribution in [2.24, 2.45) is 0 Å². The van der Waals surface area contributed by atoms with Gasteiger partial charge in [0.2, 0.25) is 0 Å². The number of hydrogen-bond donors (Lipinski definition) is 0. The number of carbonyl (C=O) groups excluding carboxylic acids is 1. The molecular weight excluding hydrogens is 138 g/mol. The van der Waals surface area contributed by atoms with Crippen molar-refractivity contribution >= 4 is 5.78 Å². The largest absolute Gasteiger partial charge is 0.290 e. The van der Waals surface area contributed by atoms with E-state index in [1.165, 1.54) is 18.2 Å². The predicted molar refractivity (Wildman–Crippen MR) is 45.8 cm³/mol. The van der Waals surface area contributed by atoms with E-state index >= 15 is 0 Å². The molecule has 0 unspecified atom stereocenters. The Morgan fingerprint density at radius 3 is 1.91 bits per heavy atom. The van der Waals surface area contributed by atoms with Gasteiger partial charge in [-0.2, -0.15) is 5.26 Å². The van der Waals surface area contributed by atoms with E-state index in [0.717, 1.165) is 0 Å². The molecule has 11 heavy (non-hydrogen) atoms. The van der Waals surface area contributed by atoms with Gasteiger partial charge >= 0.3 is 0 Å². The van der Waals surface area contributed by atoms with Gasteiger partial charge < -0.3 is 0 Å². The Kier molecular flexibility index (Phi) is 12.3.